The molecule has 3 N–H and O–H groups in total. The highest BCUT2D eigenvalue weighted by molar-refractivity contribution is 5.38. The number of anilines is 1. The van der Waals surface area contributed by atoms with Gasteiger partial charge in [-0.05, 0) is 0 Å². The first-order valence-electron chi connectivity index (χ1n) is 5.00. The molecule has 5 heteroatoms. The molecule has 0 amide bonds. The molecule has 0 aliphatic carbocycles. The van der Waals surface area contributed by atoms with Crippen LogP contribution in [0.25, 0.3) is 0 Å². The highest BCUT2D eigenvalue weighted by Crippen LogP contribution is 2.14. The van der Waals surface area contributed by atoms with Crippen LogP contribution in [0.1, 0.15) is 24.5 Å². The molecule has 0 saturated carbocycles. The summed E-state index contributed by atoms with van der Waals surface area (Å²) in [4.78, 5) is 10.5. The van der Waals surface area contributed by atoms with Crippen molar-refractivity contribution in [2.45, 2.75) is 19.4 Å². The number of nitrogens with two attached hydrogens (primary N) is 1. The zero-order valence-corrected chi connectivity index (χ0v) is 9.44. The highest BCUT2D eigenvalue weighted by Gasteiger charge is 2.10. The average molecular weight is 210 g/mol. The molecule has 1 heterocycles. The molecule has 1 atom stereocenters. The number of aryl methyl sites for hydroxylation is 1. The lowest BCUT2D eigenvalue weighted by molar-refractivity contribution is 0.265. The molecule has 0 spiro atoms. The second-order valence-corrected chi connectivity index (χ2v) is 3.60. The van der Waals surface area contributed by atoms with E-state index in [9.17, 15) is 0 Å². The number of aromatic nitrogens is 2. The van der Waals surface area contributed by atoms with E-state index in [4.69, 9.17) is 10.8 Å². The van der Waals surface area contributed by atoms with Crippen molar-refractivity contribution in [2.24, 2.45) is 5.73 Å². The Morgan fingerprint density at radius 1 is 1.47 bits per heavy atom. The van der Waals surface area contributed by atoms with Crippen molar-refractivity contribution >= 4 is 5.82 Å². The zero-order chi connectivity index (χ0) is 11.4. The first-order chi connectivity index (χ1) is 7.08. The Bertz CT molecular complexity index is 327. The summed E-state index contributed by atoms with van der Waals surface area (Å²) in [5.41, 5.74) is 6.42. The smallest absolute Gasteiger partial charge is 0.132 e. The van der Waals surface area contributed by atoms with E-state index in [1.807, 2.05) is 25.9 Å². The van der Waals surface area contributed by atoms with E-state index in [1.54, 1.807) is 6.07 Å². The van der Waals surface area contributed by atoms with Crippen LogP contribution >= 0.6 is 0 Å². The summed E-state index contributed by atoms with van der Waals surface area (Å²) in [6.07, 6.45) is 0.757. The van der Waals surface area contributed by atoms with Crippen LogP contribution < -0.4 is 10.6 Å². The normalized spacial score (nSPS) is 12.6. The predicted molar refractivity (Wildman–Crippen MR) is 59.8 cm³/mol. The summed E-state index contributed by atoms with van der Waals surface area (Å²) in [5, 5.41) is 8.98. The summed E-state index contributed by atoms with van der Waals surface area (Å²) in [7, 11) is 3.83. The Labute approximate surface area is 90.0 Å². The van der Waals surface area contributed by atoms with Gasteiger partial charge in [0.1, 0.15) is 11.6 Å². The van der Waals surface area contributed by atoms with Crippen LogP contribution in [0.15, 0.2) is 6.07 Å². The van der Waals surface area contributed by atoms with Crippen LogP contribution in [-0.4, -0.2) is 35.8 Å². The van der Waals surface area contributed by atoms with E-state index in [0.717, 1.165) is 18.1 Å². The lowest BCUT2D eigenvalue weighted by Gasteiger charge is -2.15. The molecule has 15 heavy (non-hydrogen) atoms. The molecule has 0 aliphatic rings. The predicted octanol–water partition coefficient (Wildman–Crippen LogP) is 0.0971. The standard InChI is InChI=1S/C10H18N4O/c1-4-9-12-8(7(11)6-15)5-10(13-9)14(2)3/h5,7,15H,4,6,11H2,1-3H3. The molecule has 5 nitrogen and oxygen atoms in total. The maximum Gasteiger partial charge on any atom is 0.132 e. The summed E-state index contributed by atoms with van der Waals surface area (Å²) < 4.78 is 0. The van der Waals surface area contributed by atoms with E-state index in [2.05, 4.69) is 9.97 Å². The summed E-state index contributed by atoms with van der Waals surface area (Å²) in [6.45, 7) is 1.88. The molecular weight excluding hydrogens is 192 g/mol. The summed E-state index contributed by atoms with van der Waals surface area (Å²) in [6, 6.07) is 1.37. The molecule has 1 unspecified atom stereocenters. The molecule has 1 aromatic heterocycles. The third-order valence-corrected chi connectivity index (χ3v) is 2.13. The number of aliphatic hydroxyl groups excluding tert-OH is 1. The Hall–Kier alpha value is -1.20. The SMILES string of the molecule is CCc1nc(C(N)CO)cc(N(C)C)n1. The van der Waals surface area contributed by atoms with E-state index in [-0.39, 0.29) is 6.61 Å². The minimum atomic E-state index is -0.433. The van der Waals surface area contributed by atoms with Crippen molar-refractivity contribution in [3.63, 3.8) is 0 Å². The fourth-order valence-corrected chi connectivity index (χ4v) is 1.17. The second kappa shape index (κ2) is 5.04. The van der Waals surface area contributed by atoms with Crippen LogP contribution in [-0.2, 0) is 6.42 Å². The molecule has 0 saturated heterocycles. The Morgan fingerprint density at radius 3 is 2.60 bits per heavy atom. The monoisotopic (exact) mass is 210 g/mol. The van der Waals surface area contributed by atoms with Gasteiger partial charge < -0.3 is 15.7 Å². The van der Waals surface area contributed by atoms with Crippen LogP contribution in [0.3, 0.4) is 0 Å². The Morgan fingerprint density at radius 2 is 2.13 bits per heavy atom. The van der Waals surface area contributed by atoms with Gasteiger partial charge in [0, 0.05) is 26.6 Å². The van der Waals surface area contributed by atoms with Gasteiger partial charge in [-0.25, -0.2) is 9.97 Å². The van der Waals surface area contributed by atoms with E-state index in [1.165, 1.54) is 0 Å². The quantitative estimate of drug-likeness (QED) is 0.737. The van der Waals surface area contributed by atoms with Crippen LogP contribution in [0.5, 0.6) is 0 Å². The number of aliphatic hydroxyl groups is 1. The van der Waals surface area contributed by atoms with Crippen molar-refractivity contribution in [1.82, 2.24) is 9.97 Å². The largest absolute Gasteiger partial charge is 0.394 e. The van der Waals surface area contributed by atoms with Gasteiger partial charge in [0.25, 0.3) is 0 Å². The fraction of sp³-hybridized carbons (Fsp3) is 0.600. The maximum absolute atomic E-state index is 8.98. The molecule has 0 aliphatic heterocycles. The van der Waals surface area contributed by atoms with Crippen molar-refractivity contribution in [2.75, 3.05) is 25.6 Å². The van der Waals surface area contributed by atoms with Crippen LogP contribution in [0.2, 0.25) is 0 Å². The summed E-state index contributed by atoms with van der Waals surface area (Å²) in [5.74, 6) is 1.57. The van der Waals surface area contributed by atoms with E-state index >= 15 is 0 Å². The van der Waals surface area contributed by atoms with Crippen LogP contribution in [0.4, 0.5) is 5.82 Å². The van der Waals surface area contributed by atoms with Crippen molar-refractivity contribution in [1.29, 1.82) is 0 Å². The molecule has 0 fully saturated rings. The molecule has 0 radical (unpaired) electrons. The third kappa shape index (κ3) is 2.87. The lowest BCUT2D eigenvalue weighted by Crippen LogP contribution is -2.19. The Kier molecular flexibility index (Phi) is 3.99. The van der Waals surface area contributed by atoms with Gasteiger partial charge >= 0.3 is 0 Å². The number of hydrogen-bond acceptors (Lipinski definition) is 5. The van der Waals surface area contributed by atoms with Gasteiger partial charge in [0.2, 0.25) is 0 Å². The van der Waals surface area contributed by atoms with Crippen LogP contribution in [0, 0.1) is 0 Å². The molecular formula is C10H18N4O. The molecule has 0 bridgehead atoms. The zero-order valence-electron chi connectivity index (χ0n) is 9.44. The van der Waals surface area contributed by atoms with Crippen molar-refractivity contribution < 1.29 is 5.11 Å². The summed E-state index contributed by atoms with van der Waals surface area (Å²) >= 11 is 0. The molecule has 1 rings (SSSR count). The second-order valence-electron chi connectivity index (χ2n) is 3.60. The number of rotatable bonds is 4. The van der Waals surface area contributed by atoms with Gasteiger partial charge in [-0.1, -0.05) is 6.92 Å². The highest BCUT2D eigenvalue weighted by atomic mass is 16.3. The van der Waals surface area contributed by atoms with E-state index in [0.29, 0.717) is 5.69 Å². The van der Waals surface area contributed by atoms with Gasteiger partial charge in [-0.3, -0.25) is 0 Å². The van der Waals surface area contributed by atoms with Gasteiger partial charge in [0.15, 0.2) is 0 Å². The number of hydrogen-bond donors (Lipinski definition) is 2. The lowest BCUT2D eigenvalue weighted by atomic mass is 10.2. The topological polar surface area (TPSA) is 75.3 Å². The first kappa shape index (κ1) is 11.9. The molecule has 84 valence electrons. The molecule has 0 aromatic carbocycles. The van der Waals surface area contributed by atoms with Crippen molar-refractivity contribution in [3.05, 3.63) is 17.6 Å². The Balaban J connectivity index is 3.11. The van der Waals surface area contributed by atoms with Gasteiger partial charge in [-0.15, -0.1) is 0 Å². The van der Waals surface area contributed by atoms with Crippen molar-refractivity contribution in [3.8, 4) is 0 Å². The fourth-order valence-electron chi connectivity index (χ4n) is 1.17. The maximum atomic E-state index is 8.98. The minimum Gasteiger partial charge on any atom is -0.394 e. The van der Waals surface area contributed by atoms with E-state index < -0.39 is 6.04 Å². The third-order valence-electron chi connectivity index (χ3n) is 2.13. The molecule has 1 aromatic rings. The van der Waals surface area contributed by atoms with Gasteiger partial charge in [0.05, 0.1) is 18.3 Å². The van der Waals surface area contributed by atoms with Gasteiger partial charge in [-0.2, -0.15) is 0 Å². The minimum absolute atomic E-state index is 0.104. The average Bonchev–Trinajstić information content (AvgIpc) is 2.27. The first-order valence-corrected chi connectivity index (χ1v) is 5.00. The number of nitrogens with zero attached hydrogens (tertiary/aromatic N) is 3.